The zero-order valence-corrected chi connectivity index (χ0v) is 10.4. The summed E-state index contributed by atoms with van der Waals surface area (Å²) in [5.74, 6) is 0. The van der Waals surface area contributed by atoms with Crippen molar-refractivity contribution in [2.24, 2.45) is 10.2 Å². The highest BCUT2D eigenvalue weighted by Crippen LogP contribution is 2.52. The third kappa shape index (κ3) is 1.99. The lowest BCUT2D eigenvalue weighted by Gasteiger charge is -2.15. The van der Waals surface area contributed by atoms with Gasteiger partial charge in [-0.3, -0.25) is 0 Å². The van der Waals surface area contributed by atoms with Crippen molar-refractivity contribution in [1.29, 1.82) is 0 Å². The van der Waals surface area contributed by atoms with Crippen LogP contribution < -0.4 is 0 Å². The summed E-state index contributed by atoms with van der Waals surface area (Å²) in [4.78, 5) is -0.373. The molecule has 4 nitrogen and oxygen atoms in total. The molecule has 0 atom stereocenters. The van der Waals surface area contributed by atoms with Crippen LogP contribution in [0.4, 0.5) is 13.2 Å². The Hall–Kier alpha value is -1.15. The molecule has 1 aromatic carbocycles. The van der Waals surface area contributed by atoms with Crippen LogP contribution in [0.2, 0.25) is 0 Å². The van der Waals surface area contributed by atoms with Gasteiger partial charge >= 0.3 is 11.8 Å². The van der Waals surface area contributed by atoms with Gasteiger partial charge in [0.05, 0.1) is 4.90 Å². The molecule has 2 rings (SSSR count). The molecule has 0 unspecified atom stereocenters. The van der Waals surface area contributed by atoms with Crippen LogP contribution in [0.5, 0.6) is 0 Å². The Morgan fingerprint density at radius 1 is 1.28 bits per heavy atom. The summed E-state index contributed by atoms with van der Waals surface area (Å²) >= 11 is 0. The van der Waals surface area contributed by atoms with Crippen LogP contribution in [0.15, 0.2) is 33.3 Å². The number of hydrogen-bond donors (Lipinski definition) is 0. The molecule has 1 aliphatic heterocycles. The minimum absolute atomic E-state index is 0.256. The second kappa shape index (κ2) is 3.67. The van der Waals surface area contributed by atoms with Crippen LogP contribution in [-0.2, 0) is 14.7 Å². The van der Waals surface area contributed by atoms with Crippen molar-refractivity contribution in [1.82, 2.24) is 0 Å². The standard InChI is InChI=1S/C9H6ClF3N2O2S/c1-5-2-3-6(4-7(5)18(10,16)17)8(14-15-8)9(11,12)13/h2-4H,1H3. The molecule has 0 fully saturated rings. The second-order valence-electron chi connectivity index (χ2n) is 3.79. The first kappa shape index (κ1) is 13.3. The summed E-state index contributed by atoms with van der Waals surface area (Å²) in [5, 5.41) is 5.98. The van der Waals surface area contributed by atoms with Crippen molar-refractivity contribution < 1.29 is 21.6 Å². The lowest BCUT2D eigenvalue weighted by Crippen LogP contribution is -2.30. The topological polar surface area (TPSA) is 58.9 Å². The molecular weight excluding hydrogens is 293 g/mol. The van der Waals surface area contributed by atoms with Gasteiger partial charge in [-0.1, -0.05) is 12.1 Å². The van der Waals surface area contributed by atoms with Gasteiger partial charge in [0, 0.05) is 16.2 Å². The molecule has 9 heteroatoms. The maximum atomic E-state index is 12.7. The first-order chi connectivity index (χ1) is 8.08. The molecule has 0 saturated carbocycles. The van der Waals surface area contributed by atoms with Crippen molar-refractivity contribution in [2.75, 3.05) is 0 Å². The smallest absolute Gasteiger partial charge is 0.207 e. The second-order valence-corrected chi connectivity index (χ2v) is 6.32. The van der Waals surface area contributed by atoms with Gasteiger partial charge in [0.1, 0.15) is 0 Å². The maximum Gasteiger partial charge on any atom is 0.442 e. The van der Waals surface area contributed by atoms with Crippen LogP contribution in [0.3, 0.4) is 0 Å². The number of benzene rings is 1. The molecule has 0 amide bonds. The highest BCUT2D eigenvalue weighted by atomic mass is 35.7. The van der Waals surface area contributed by atoms with Gasteiger partial charge in [-0.25, -0.2) is 8.42 Å². The van der Waals surface area contributed by atoms with E-state index in [1.54, 1.807) is 0 Å². The van der Waals surface area contributed by atoms with Gasteiger partial charge in [0.25, 0.3) is 9.05 Å². The fraction of sp³-hybridized carbons (Fsp3) is 0.333. The fourth-order valence-electron chi connectivity index (χ4n) is 1.52. The van der Waals surface area contributed by atoms with E-state index in [0.717, 1.165) is 12.1 Å². The van der Waals surface area contributed by atoms with E-state index in [4.69, 9.17) is 10.7 Å². The SMILES string of the molecule is Cc1ccc(C2(C(F)(F)F)N=N2)cc1S(=O)(=O)Cl. The molecule has 0 radical (unpaired) electrons. The van der Waals surface area contributed by atoms with Crippen LogP contribution >= 0.6 is 10.7 Å². The summed E-state index contributed by atoms with van der Waals surface area (Å²) in [7, 11) is 1.04. The highest BCUT2D eigenvalue weighted by Gasteiger charge is 2.65. The average Bonchev–Trinajstić information content (AvgIpc) is 2.96. The zero-order chi connectivity index (χ0) is 13.8. The molecule has 0 N–H and O–H groups in total. The number of rotatable bonds is 2. The number of alkyl halides is 3. The Balaban J connectivity index is 2.57. The van der Waals surface area contributed by atoms with Crippen LogP contribution in [0.25, 0.3) is 0 Å². The van der Waals surface area contributed by atoms with Gasteiger partial charge in [0.2, 0.25) is 0 Å². The maximum absolute atomic E-state index is 12.7. The molecular formula is C9H6ClF3N2O2S. The quantitative estimate of drug-likeness (QED) is 0.788. The Bertz CT molecular complexity index is 634. The molecule has 98 valence electrons. The molecule has 1 aliphatic rings. The van der Waals surface area contributed by atoms with Crippen LogP contribution in [-0.4, -0.2) is 14.6 Å². The minimum atomic E-state index is -4.70. The normalized spacial score (nSPS) is 17.8. The highest BCUT2D eigenvalue weighted by molar-refractivity contribution is 8.13. The molecule has 1 aromatic rings. The van der Waals surface area contributed by atoms with Crippen LogP contribution in [0, 0.1) is 6.92 Å². The molecule has 0 bridgehead atoms. The van der Waals surface area contributed by atoms with Crippen molar-refractivity contribution >= 4 is 19.7 Å². The number of hydrogen-bond acceptors (Lipinski definition) is 4. The summed E-state index contributed by atoms with van der Waals surface area (Å²) in [6.07, 6.45) is -4.70. The van der Waals surface area contributed by atoms with E-state index in [2.05, 4.69) is 10.2 Å². The van der Waals surface area contributed by atoms with E-state index in [0.29, 0.717) is 0 Å². The monoisotopic (exact) mass is 298 g/mol. The van der Waals surface area contributed by atoms with E-state index in [9.17, 15) is 21.6 Å². The zero-order valence-electron chi connectivity index (χ0n) is 8.86. The molecule has 0 saturated heterocycles. The predicted molar refractivity (Wildman–Crippen MR) is 56.8 cm³/mol. The third-order valence-corrected chi connectivity index (χ3v) is 4.01. The van der Waals surface area contributed by atoms with Gasteiger partial charge in [-0.05, 0) is 18.6 Å². The van der Waals surface area contributed by atoms with Crippen molar-refractivity contribution in [3.05, 3.63) is 29.3 Å². The summed E-state index contributed by atoms with van der Waals surface area (Å²) in [6.45, 7) is 1.43. The van der Waals surface area contributed by atoms with Gasteiger partial charge in [0.15, 0.2) is 0 Å². The first-order valence-corrected chi connectivity index (χ1v) is 6.95. The van der Waals surface area contributed by atoms with E-state index in [1.165, 1.54) is 13.0 Å². The lowest BCUT2D eigenvalue weighted by molar-refractivity contribution is -0.166. The van der Waals surface area contributed by atoms with E-state index < -0.39 is 20.9 Å². The number of nitrogens with zero attached hydrogens (tertiary/aromatic N) is 2. The van der Waals surface area contributed by atoms with Crippen molar-refractivity contribution in [2.45, 2.75) is 23.7 Å². The Labute approximate surface area is 105 Å². The lowest BCUT2D eigenvalue weighted by atomic mass is 10.0. The van der Waals surface area contributed by atoms with Gasteiger partial charge in [-0.2, -0.15) is 13.2 Å². The van der Waals surface area contributed by atoms with Crippen molar-refractivity contribution in [3.63, 3.8) is 0 Å². The summed E-state index contributed by atoms with van der Waals surface area (Å²) < 4.78 is 60.7. The van der Waals surface area contributed by atoms with Gasteiger partial charge < -0.3 is 0 Å². The molecule has 0 spiro atoms. The Morgan fingerprint density at radius 2 is 1.83 bits per heavy atom. The van der Waals surface area contributed by atoms with Crippen LogP contribution in [0.1, 0.15) is 11.1 Å². The molecule has 18 heavy (non-hydrogen) atoms. The Kier molecular flexibility index (Phi) is 2.71. The number of aryl methyl sites for hydroxylation is 1. The van der Waals surface area contributed by atoms with E-state index in [1.807, 2.05) is 0 Å². The predicted octanol–water partition coefficient (Wildman–Crippen LogP) is 3.10. The molecule has 0 aromatic heterocycles. The minimum Gasteiger partial charge on any atom is -0.207 e. The summed E-state index contributed by atoms with van der Waals surface area (Å²) in [5.41, 5.74) is -2.75. The largest absolute Gasteiger partial charge is 0.442 e. The average molecular weight is 299 g/mol. The van der Waals surface area contributed by atoms with Gasteiger partial charge in [-0.15, -0.1) is 10.2 Å². The van der Waals surface area contributed by atoms with Crippen molar-refractivity contribution in [3.8, 4) is 0 Å². The summed E-state index contributed by atoms with van der Waals surface area (Å²) in [6, 6.07) is 3.22. The first-order valence-electron chi connectivity index (χ1n) is 4.64. The third-order valence-electron chi connectivity index (χ3n) is 2.55. The number of halogens is 4. The molecule has 1 heterocycles. The van der Waals surface area contributed by atoms with E-state index in [-0.39, 0.29) is 16.0 Å². The Morgan fingerprint density at radius 3 is 2.22 bits per heavy atom. The molecule has 0 aliphatic carbocycles. The fourth-order valence-corrected chi connectivity index (χ4v) is 2.74. The van der Waals surface area contributed by atoms with E-state index >= 15 is 0 Å².